The van der Waals surface area contributed by atoms with Crippen molar-refractivity contribution in [3.8, 4) is 0 Å². The van der Waals surface area contributed by atoms with Gasteiger partial charge < -0.3 is 0 Å². The van der Waals surface area contributed by atoms with Crippen molar-refractivity contribution in [1.29, 1.82) is 0 Å². The maximum atomic E-state index is 3.84. The van der Waals surface area contributed by atoms with Gasteiger partial charge in [-0.15, -0.1) is 0 Å². The van der Waals surface area contributed by atoms with Gasteiger partial charge in [0.05, 0.1) is 0 Å². The van der Waals surface area contributed by atoms with E-state index in [0.29, 0.717) is 0 Å². The van der Waals surface area contributed by atoms with E-state index in [9.17, 15) is 0 Å². The van der Waals surface area contributed by atoms with Gasteiger partial charge >= 0.3 is 56.5 Å². The van der Waals surface area contributed by atoms with Crippen LogP contribution in [0.4, 0.5) is 0 Å². The summed E-state index contributed by atoms with van der Waals surface area (Å²) in [6.07, 6.45) is 0. The number of hydrogen-bond acceptors (Lipinski definition) is 0. The molecule has 0 aromatic rings. The van der Waals surface area contributed by atoms with Crippen LogP contribution in [-0.2, 0) is 0 Å². The Balaban J connectivity index is 2.82. The molecule has 0 aliphatic rings. The second-order valence-electron chi connectivity index (χ2n) is 1.19. The van der Waals surface area contributed by atoms with Crippen molar-refractivity contribution >= 4 is 26.3 Å². The fourth-order valence-corrected chi connectivity index (χ4v) is 4.31. The maximum absolute atomic E-state index is 3.84. The second-order valence-corrected chi connectivity index (χ2v) is 9.10. The van der Waals surface area contributed by atoms with Gasteiger partial charge in [-0.05, 0) is 0 Å². The van der Waals surface area contributed by atoms with Crippen molar-refractivity contribution in [2.45, 2.75) is 19.2 Å². The van der Waals surface area contributed by atoms with Crippen LogP contribution in [0.15, 0.2) is 11.1 Å². The van der Waals surface area contributed by atoms with Crippen LogP contribution in [0.2, 0.25) is 5.32 Å². The Hall–Kier alpha value is 0.779. The van der Waals surface area contributed by atoms with Crippen LogP contribution >= 0.6 is 0 Å². The van der Waals surface area contributed by atoms with Crippen LogP contribution in [0.5, 0.6) is 0 Å². The summed E-state index contributed by atoms with van der Waals surface area (Å²) < 4.78 is 1.40. The Kier molecular flexibility index (Phi) is 5.47. The van der Waals surface area contributed by atoms with E-state index in [0.717, 1.165) is 26.3 Å². The van der Waals surface area contributed by atoms with Crippen LogP contribution in [0.3, 0.4) is 0 Å². The molecule has 0 saturated heterocycles. The van der Waals surface area contributed by atoms with Gasteiger partial charge in [-0.2, -0.15) is 0 Å². The normalized spacial score (nSPS) is 8.86. The molecule has 0 aliphatic heterocycles. The molecule has 7 heavy (non-hydrogen) atoms. The van der Waals surface area contributed by atoms with E-state index in [1.807, 2.05) is 0 Å². The van der Waals surface area contributed by atoms with Gasteiger partial charge in [0.2, 0.25) is 0 Å². The molecule has 0 heterocycles. The zero-order valence-electron chi connectivity index (χ0n) is 4.73. The summed E-state index contributed by atoms with van der Waals surface area (Å²) in [5, 5.41) is 1.37. The molecule has 0 nitrogen and oxygen atoms in total. The summed E-state index contributed by atoms with van der Waals surface area (Å²) in [7, 11) is 0. The summed E-state index contributed by atoms with van der Waals surface area (Å²) in [5.74, 6) is 0. The first-order valence-electron chi connectivity index (χ1n) is 2.22. The van der Waals surface area contributed by atoms with Gasteiger partial charge in [0.1, 0.15) is 0 Å². The summed E-state index contributed by atoms with van der Waals surface area (Å²) >= 11 is 1.70. The molecule has 0 aliphatic carbocycles. The zero-order chi connectivity index (χ0) is 5.70. The summed E-state index contributed by atoms with van der Waals surface area (Å²) in [5.41, 5.74) is 0. The summed E-state index contributed by atoms with van der Waals surface area (Å²) in [6, 6.07) is 0. The van der Waals surface area contributed by atoms with E-state index in [1.165, 1.54) is 9.79 Å². The Morgan fingerprint density at radius 2 is 2.29 bits per heavy atom. The van der Waals surface area contributed by atoms with E-state index in [2.05, 4.69) is 20.4 Å². The molecule has 0 aromatic carbocycles. The molecular weight excluding hydrogens is 218 g/mol. The molecule has 0 rings (SSSR count). The van der Waals surface area contributed by atoms with Gasteiger partial charge in [0.25, 0.3) is 0 Å². The standard InChI is InChI=1S/C5H10Se2/c1-4-6-7-5(2)3/h2,4H2,1,3H3. The van der Waals surface area contributed by atoms with Crippen molar-refractivity contribution in [3.63, 3.8) is 0 Å². The van der Waals surface area contributed by atoms with Crippen LogP contribution < -0.4 is 0 Å². The van der Waals surface area contributed by atoms with Gasteiger partial charge in [-0.1, -0.05) is 0 Å². The molecule has 2 heteroatoms. The van der Waals surface area contributed by atoms with Gasteiger partial charge in [-0.3, -0.25) is 0 Å². The van der Waals surface area contributed by atoms with Crippen molar-refractivity contribution in [1.82, 2.24) is 0 Å². The van der Waals surface area contributed by atoms with Crippen molar-refractivity contribution in [2.24, 2.45) is 0 Å². The summed E-state index contributed by atoms with van der Waals surface area (Å²) in [6.45, 7) is 8.20. The van der Waals surface area contributed by atoms with E-state index < -0.39 is 0 Å². The number of rotatable bonds is 3. The van der Waals surface area contributed by atoms with Crippen molar-refractivity contribution in [3.05, 3.63) is 11.1 Å². The molecule has 0 spiro atoms. The first kappa shape index (κ1) is 7.78. The third-order valence-electron chi connectivity index (χ3n) is 0.319. The van der Waals surface area contributed by atoms with E-state index in [-0.39, 0.29) is 0 Å². The fourth-order valence-electron chi connectivity index (χ4n) is 0.160. The van der Waals surface area contributed by atoms with Crippen LogP contribution in [0, 0.1) is 0 Å². The van der Waals surface area contributed by atoms with Gasteiger partial charge in [0.15, 0.2) is 0 Å². The molecule has 0 amide bonds. The van der Waals surface area contributed by atoms with Gasteiger partial charge in [0, 0.05) is 0 Å². The molecule has 0 fully saturated rings. The monoisotopic (exact) mass is 230 g/mol. The van der Waals surface area contributed by atoms with Crippen LogP contribution in [0.25, 0.3) is 0 Å². The Morgan fingerprint density at radius 1 is 1.71 bits per heavy atom. The third-order valence-corrected chi connectivity index (χ3v) is 8.61. The average molecular weight is 228 g/mol. The predicted molar refractivity (Wildman–Crippen MR) is 36.8 cm³/mol. The molecule has 0 bridgehead atoms. The molecule has 0 radical (unpaired) electrons. The minimum absolute atomic E-state index is 0.793. The van der Waals surface area contributed by atoms with E-state index in [4.69, 9.17) is 0 Å². The molecule has 0 aromatic heterocycles. The van der Waals surface area contributed by atoms with E-state index >= 15 is 0 Å². The molecule has 0 unspecified atom stereocenters. The molecule has 0 N–H and O–H groups in total. The molecule has 0 saturated carbocycles. The molecular formula is C5H10Se2. The Labute approximate surface area is 56.6 Å². The van der Waals surface area contributed by atoms with Gasteiger partial charge in [-0.25, -0.2) is 0 Å². The Morgan fingerprint density at radius 3 is 2.43 bits per heavy atom. The Bertz CT molecular complexity index is 59.1. The fraction of sp³-hybridized carbons (Fsp3) is 0.600. The third kappa shape index (κ3) is 6.78. The average Bonchev–Trinajstić information content (AvgIpc) is 1.61. The summed E-state index contributed by atoms with van der Waals surface area (Å²) in [4.78, 5) is 0. The molecule has 42 valence electrons. The first-order chi connectivity index (χ1) is 3.27. The SMILES string of the molecule is C=C(C)[Se][Se]CC. The number of allylic oxidation sites excluding steroid dienone is 1. The minimum atomic E-state index is 0.793. The number of hydrogen-bond donors (Lipinski definition) is 0. The van der Waals surface area contributed by atoms with Crippen molar-refractivity contribution in [2.75, 3.05) is 0 Å². The van der Waals surface area contributed by atoms with E-state index in [1.54, 1.807) is 0 Å². The topological polar surface area (TPSA) is 0 Å². The van der Waals surface area contributed by atoms with Crippen molar-refractivity contribution < 1.29 is 0 Å². The van der Waals surface area contributed by atoms with Crippen LogP contribution in [-0.4, -0.2) is 26.3 Å². The second kappa shape index (κ2) is 4.93. The predicted octanol–water partition coefficient (Wildman–Crippen LogP) is 1.28. The first-order valence-corrected chi connectivity index (χ1v) is 8.62. The quantitative estimate of drug-likeness (QED) is 0.638. The molecule has 0 atom stereocenters. The zero-order valence-corrected chi connectivity index (χ0v) is 8.16. The van der Waals surface area contributed by atoms with Crippen LogP contribution in [0.1, 0.15) is 13.8 Å².